The third-order valence-corrected chi connectivity index (χ3v) is 6.76. The Labute approximate surface area is 202 Å². The minimum Gasteiger partial charge on any atom is -0.328 e. The summed E-state index contributed by atoms with van der Waals surface area (Å²) in [4.78, 5) is 20.4. The molecule has 3 nitrogen and oxygen atoms in total. The molecule has 0 unspecified atom stereocenters. The Bertz CT molecular complexity index is 861. The van der Waals surface area contributed by atoms with Crippen LogP contribution < -0.4 is 0 Å². The van der Waals surface area contributed by atoms with E-state index in [2.05, 4.69) is 79.3 Å². The van der Waals surface area contributed by atoms with E-state index in [9.17, 15) is 9.79 Å². The minimum absolute atomic E-state index is 0.0549. The number of benzene rings is 2. The summed E-state index contributed by atoms with van der Waals surface area (Å²) >= 11 is 0. The lowest BCUT2D eigenvalue weighted by atomic mass is 9.75. The summed E-state index contributed by atoms with van der Waals surface area (Å²) in [5.74, 6) is 0. The van der Waals surface area contributed by atoms with Crippen molar-refractivity contribution in [2.75, 3.05) is 0 Å². The van der Waals surface area contributed by atoms with Crippen molar-refractivity contribution in [3.8, 4) is 0 Å². The lowest BCUT2D eigenvalue weighted by Gasteiger charge is -2.38. The van der Waals surface area contributed by atoms with Crippen molar-refractivity contribution < 1.29 is 14.3 Å². The molecular weight excluding hydrogens is 427 g/mol. The fourth-order valence-corrected chi connectivity index (χ4v) is 4.80. The van der Waals surface area contributed by atoms with Crippen LogP contribution in [0.1, 0.15) is 103 Å². The van der Waals surface area contributed by atoms with Gasteiger partial charge in [0.05, 0.1) is 0 Å². The first-order valence-corrected chi connectivity index (χ1v) is 13.3. The number of rotatable bonds is 10. The van der Waals surface area contributed by atoms with Crippen molar-refractivity contribution in [1.29, 1.82) is 0 Å². The average Bonchev–Trinajstić information content (AvgIpc) is 2.73. The van der Waals surface area contributed by atoms with Crippen molar-refractivity contribution in [1.82, 2.24) is 0 Å². The standard InChI is InChI=1S/C29H43O3P/c1-9-10-11-12-15-22(2)29(32-33(30)31,25-18-13-16-23(20-25)27(3,4)5)26-19-14-17-24(21-26)28(6,7)8/h13-14,16-21,30-31H,2,9-12,15H2,1,3-8H3. The van der Waals surface area contributed by atoms with Gasteiger partial charge in [0.1, 0.15) is 5.60 Å². The number of hydrogen-bond donors (Lipinski definition) is 2. The Balaban J connectivity index is 2.76. The molecule has 0 radical (unpaired) electrons. The van der Waals surface area contributed by atoms with E-state index in [1.54, 1.807) is 0 Å². The van der Waals surface area contributed by atoms with E-state index in [0.29, 0.717) is 0 Å². The molecule has 2 aromatic carbocycles. The highest BCUT2D eigenvalue weighted by Gasteiger charge is 2.41. The van der Waals surface area contributed by atoms with Crippen LogP contribution in [0.5, 0.6) is 0 Å². The van der Waals surface area contributed by atoms with Gasteiger partial charge in [-0.15, -0.1) is 0 Å². The van der Waals surface area contributed by atoms with E-state index >= 15 is 0 Å². The molecule has 33 heavy (non-hydrogen) atoms. The average molecular weight is 471 g/mol. The van der Waals surface area contributed by atoms with Crippen molar-refractivity contribution in [3.05, 3.63) is 82.9 Å². The van der Waals surface area contributed by atoms with Gasteiger partial charge in [-0.2, -0.15) is 0 Å². The third kappa shape index (κ3) is 6.99. The highest BCUT2D eigenvalue weighted by Crippen LogP contribution is 2.50. The number of unbranched alkanes of at least 4 members (excludes halogenated alkanes) is 3. The van der Waals surface area contributed by atoms with Gasteiger partial charge >= 0.3 is 8.60 Å². The van der Waals surface area contributed by atoms with Crippen LogP contribution in [0.25, 0.3) is 0 Å². The van der Waals surface area contributed by atoms with Crippen LogP contribution in [0.2, 0.25) is 0 Å². The summed E-state index contributed by atoms with van der Waals surface area (Å²) in [6, 6.07) is 16.6. The highest BCUT2D eigenvalue weighted by atomic mass is 31.2. The van der Waals surface area contributed by atoms with Crippen molar-refractivity contribution in [2.45, 2.75) is 97.0 Å². The molecule has 0 aliphatic carbocycles. The first kappa shape index (κ1) is 27.7. The van der Waals surface area contributed by atoms with E-state index < -0.39 is 14.2 Å². The first-order valence-electron chi connectivity index (χ1n) is 12.1. The van der Waals surface area contributed by atoms with Gasteiger partial charge in [-0.1, -0.05) is 123 Å². The molecule has 2 aromatic rings. The summed E-state index contributed by atoms with van der Waals surface area (Å²) in [5, 5.41) is 0. The van der Waals surface area contributed by atoms with Crippen LogP contribution in [0.15, 0.2) is 60.7 Å². The topological polar surface area (TPSA) is 49.7 Å². The molecule has 0 aromatic heterocycles. The quantitative estimate of drug-likeness (QED) is 0.209. The molecule has 4 heteroatoms. The zero-order valence-corrected chi connectivity index (χ0v) is 22.5. The summed E-state index contributed by atoms with van der Waals surface area (Å²) in [6.45, 7) is 19.8. The normalized spacial score (nSPS) is 12.9. The second kappa shape index (κ2) is 11.3. The zero-order chi connectivity index (χ0) is 24.9. The van der Waals surface area contributed by atoms with Gasteiger partial charge < -0.3 is 9.79 Å². The van der Waals surface area contributed by atoms with E-state index in [0.717, 1.165) is 42.4 Å². The zero-order valence-electron chi connectivity index (χ0n) is 21.6. The van der Waals surface area contributed by atoms with Crippen LogP contribution in [-0.2, 0) is 21.0 Å². The van der Waals surface area contributed by atoms with E-state index in [4.69, 9.17) is 4.52 Å². The Morgan fingerprint density at radius 3 is 1.64 bits per heavy atom. The molecular formula is C29H43O3P. The Kier molecular flexibility index (Phi) is 9.48. The summed E-state index contributed by atoms with van der Waals surface area (Å²) in [6.07, 6.45) is 5.19. The molecule has 0 heterocycles. The molecule has 0 saturated heterocycles. The van der Waals surface area contributed by atoms with Gasteiger partial charge in [-0.25, -0.2) is 0 Å². The number of hydrogen-bond acceptors (Lipinski definition) is 3. The van der Waals surface area contributed by atoms with Crippen LogP contribution in [-0.4, -0.2) is 9.79 Å². The summed E-state index contributed by atoms with van der Waals surface area (Å²) < 4.78 is 6.14. The van der Waals surface area contributed by atoms with Crippen molar-refractivity contribution in [2.24, 2.45) is 0 Å². The second-order valence-electron chi connectivity index (χ2n) is 11.1. The highest BCUT2D eigenvalue weighted by molar-refractivity contribution is 7.39. The van der Waals surface area contributed by atoms with E-state index in [1.807, 2.05) is 24.3 Å². The maximum atomic E-state index is 10.2. The second-order valence-corrected chi connectivity index (χ2v) is 11.8. The van der Waals surface area contributed by atoms with Gasteiger partial charge in [0, 0.05) is 0 Å². The predicted molar refractivity (Wildman–Crippen MR) is 141 cm³/mol. The van der Waals surface area contributed by atoms with Gasteiger partial charge in [0.2, 0.25) is 0 Å². The lowest BCUT2D eigenvalue weighted by molar-refractivity contribution is 0.122. The molecule has 0 aliphatic rings. The summed E-state index contributed by atoms with van der Waals surface area (Å²) in [5.41, 5.74) is 3.71. The van der Waals surface area contributed by atoms with Gasteiger partial charge in [-0.3, -0.25) is 4.52 Å². The van der Waals surface area contributed by atoms with Crippen LogP contribution in [0.3, 0.4) is 0 Å². The molecule has 0 amide bonds. The van der Waals surface area contributed by atoms with Crippen LogP contribution >= 0.6 is 8.60 Å². The predicted octanol–water partition coefficient (Wildman–Crippen LogP) is 8.28. The molecule has 0 bridgehead atoms. The third-order valence-electron chi connectivity index (χ3n) is 6.32. The molecule has 2 rings (SSSR count). The molecule has 0 spiro atoms. The van der Waals surface area contributed by atoms with Gasteiger partial charge in [-0.05, 0) is 51.5 Å². The molecule has 0 aliphatic heterocycles. The van der Waals surface area contributed by atoms with Crippen molar-refractivity contribution in [3.63, 3.8) is 0 Å². The molecule has 2 N–H and O–H groups in total. The van der Waals surface area contributed by atoms with Crippen molar-refractivity contribution >= 4 is 8.60 Å². The molecule has 0 fully saturated rings. The molecule has 0 saturated carbocycles. The first-order chi connectivity index (χ1) is 15.3. The molecule has 182 valence electrons. The van der Waals surface area contributed by atoms with E-state index in [-0.39, 0.29) is 10.8 Å². The monoisotopic (exact) mass is 470 g/mol. The fraction of sp³-hybridized carbons (Fsp3) is 0.517. The maximum absolute atomic E-state index is 10.2. The molecule has 0 atom stereocenters. The van der Waals surface area contributed by atoms with Crippen LogP contribution in [0.4, 0.5) is 0 Å². The maximum Gasteiger partial charge on any atom is 0.328 e. The smallest absolute Gasteiger partial charge is 0.328 e. The van der Waals surface area contributed by atoms with Gasteiger partial charge in [0.15, 0.2) is 0 Å². The Hall–Kier alpha value is -1.51. The SMILES string of the molecule is C=C(CCCCCC)C(OP(O)O)(c1cccc(C(C)(C)C)c1)c1cccc(C(C)(C)C)c1. The Morgan fingerprint density at radius 2 is 1.24 bits per heavy atom. The summed E-state index contributed by atoms with van der Waals surface area (Å²) in [7, 11) is -2.63. The minimum atomic E-state index is -2.63. The van der Waals surface area contributed by atoms with Gasteiger partial charge in [0.25, 0.3) is 0 Å². The van der Waals surface area contributed by atoms with Crippen LogP contribution in [0, 0.1) is 0 Å². The fourth-order valence-electron chi connectivity index (χ4n) is 4.22. The van der Waals surface area contributed by atoms with E-state index in [1.165, 1.54) is 17.5 Å². The largest absolute Gasteiger partial charge is 0.328 e. The lowest BCUT2D eigenvalue weighted by Crippen LogP contribution is -2.33. The Morgan fingerprint density at radius 1 is 0.788 bits per heavy atom.